The van der Waals surface area contributed by atoms with E-state index < -0.39 is 10.7 Å². The van der Waals surface area contributed by atoms with Gasteiger partial charge in [0.05, 0.1) is 16.3 Å². The van der Waals surface area contributed by atoms with Crippen LogP contribution in [0.4, 0.5) is 20.9 Å². The summed E-state index contributed by atoms with van der Waals surface area (Å²) >= 11 is 1.19. The first-order chi connectivity index (χ1) is 13.4. The zero-order valence-corrected chi connectivity index (χ0v) is 15.9. The number of halogens is 1. The molecule has 0 bridgehead atoms. The van der Waals surface area contributed by atoms with Crippen molar-refractivity contribution in [2.45, 2.75) is 20.5 Å². The maximum atomic E-state index is 14.1. The van der Waals surface area contributed by atoms with E-state index in [1.54, 1.807) is 30.5 Å². The van der Waals surface area contributed by atoms with Gasteiger partial charge in [-0.25, -0.2) is 9.37 Å². The number of carbonyl (C=O) groups is 1. The molecule has 0 atom stereocenters. The molecule has 28 heavy (non-hydrogen) atoms. The molecule has 1 amide bonds. The largest absolute Gasteiger partial charge is 0.487 e. The summed E-state index contributed by atoms with van der Waals surface area (Å²) in [4.78, 5) is 28.0. The predicted molar refractivity (Wildman–Crippen MR) is 103 cm³/mol. The predicted octanol–water partition coefficient (Wildman–Crippen LogP) is 4.76. The van der Waals surface area contributed by atoms with Gasteiger partial charge in [0.15, 0.2) is 5.13 Å². The number of aromatic nitrogens is 1. The normalized spacial score (nSPS) is 10.5. The molecule has 0 aliphatic rings. The van der Waals surface area contributed by atoms with Gasteiger partial charge in [0.1, 0.15) is 18.2 Å². The number of amides is 1. The number of anilines is 2. The summed E-state index contributed by atoms with van der Waals surface area (Å²) in [6.45, 7) is 3.07. The molecule has 0 aliphatic heterocycles. The summed E-state index contributed by atoms with van der Waals surface area (Å²) in [5.74, 6) is -0.417. The van der Waals surface area contributed by atoms with Crippen LogP contribution >= 0.6 is 11.3 Å². The molecule has 3 rings (SSSR count). The minimum absolute atomic E-state index is 0.0188. The van der Waals surface area contributed by atoms with Crippen molar-refractivity contribution in [1.29, 1.82) is 0 Å². The fourth-order valence-corrected chi connectivity index (χ4v) is 3.45. The van der Waals surface area contributed by atoms with Crippen molar-refractivity contribution in [3.05, 3.63) is 75.0 Å². The summed E-state index contributed by atoms with van der Waals surface area (Å²) in [7, 11) is 0. The molecule has 0 saturated carbocycles. The van der Waals surface area contributed by atoms with E-state index in [1.807, 2.05) is 0 Å². The smallest absolute Gasteiger partial charge is 0.272 e. The topological polar surface area (TPSA) is 85.6 Å². The highest BCUT2D eigenvalue weighted by Crippen LogP contribution is 2.31. The van der Waals surface area contributed by atoms with Crippen molar-refractivity contribution in [3.8, 4) is 5.75 Å². The zero-order chi connectivity index (χ0) is 20.3. The van der Waals surface area contributed by atoms with Gasteiger partial charge < -0.3 is 4.74 Å². The van der Waals surface area contributed by atoms with Crippen molar-refractivity contribution in [2.24, 2.45) is 0 Å². The molecule has 0 saturated heterocycles. The fourth-order valence-electron chi connectivity index (χ4n) is 2.59. The number of hydrogen-bond donors (Lipinski definition) is 0. The molecule has 1 heterocycles. The molecule has 0 unspecified atom stereocenters. The van der Waals surface area contributed by atoms with Gasteiger partial charge in [-0.05, 0) is 31.2 Å². The second kappa shape index (κ2) is 8.13. The van der Waals surface area contributed by atoms with E-state index in [0.717, 1.165) is 0 Å². The van der Waals surface area contributed by atoms with Crippen molar-refractivity contribution >= 4 is 33.8 Å². The minimum Gasteiger partial charge on any atom is -0.487 e. The zero-order valence-electron chi connectivity index (χ0n) is 15.1. The standard InChI is InChI=1S/C19H16FN3O4S/c1-12-9-15(7-8-17(12)23(25)26)27-10-14-11-28-19(21-14)22(13(2)24)18-6-4-3-5-16(18)20/h3-9,11H,10H2,1-2H3. The third-order valence-electron chi connectivity index (χ3n) is 3.89. The molecule has 0 fully saturated rings. The number of thiazole rings is 1. The van der Waals surface area contributed by atoms with E-state index in [4.69, 9.17) is 4.74 Å². The van der Waals surface area contributed by atoms with Crippen LogP contribution in [0.15, 0.2) is 47.8 Å². The Balaban J connectivity index is 1.76. The van der Waals surface area contributed by atoms with Crippen LogP contribution in [0.3, 0.4) is 0 Å². The van der Waals surface area contributed by atoms with Gasteiger partial charge in [0.2, 0.25) is 5.91 Å². The Kier molecular flexibility index (Phi) is 5.65. The van der Waals surface area contributed by atoms with Crippen LogP contribution in [-0.2, 0) is 11.4 Å². The lowest BCUT2D eigenvalue weighted by atomic mass is 10.2. The first-order valence-corrected chi connectivity index (χ1v) is 9.12. The third-order valence-corrected chi connectivity index (χ3v) is 4.77. The van der Waals surface area contributed by atoms with Crippen molar-refractivity contribution in [1.82, 2.24) is 4.98 Å². The van der Waals surface area contributed by atoms with Gasteiger partial charge in [0, 0.05) is 23.9 Å². The minimum atomic E-state index is -0.521. The molecule has 0 aliphatic carbocycles. The SMILES string of the molecule is CC(=O)N(c1nc(COc2ccc([N+](=O)[O-])c(C)c2)cs1)c1ccccc1F. The quantitative estimate of drug-likeness (QED) is 0.439. The van der Waals surface area contributed by atoms with Gasteiger partial charge in [0.25, 0.3) is 5.69 Å². The number of hydrogen-bond acceptors (Lipinski definition) is 6. The molecule has 0 radical (unpaired) electrons. The number of para-hydroxylation sites is 1. The van der Waals surface area contributed by atoms with Crippen LogP contribution in [-0.4, -0.2) is 15.8 Å². The molecule has 3 aromatic rings. The van der Waals surface area contributed by atoms with Crippen LogP contribution in [0.1, 0.15) is 18.2 Å². The number of rotatable bonds is 6. The summed E-state index contributed by atoms with van der Waals surface area (Å²) < 4.78 is 19.7. The summed E-state index contributed by atoms with van der Waals surface area (Å²) in [5.41, 5.74) is 1.19. The summed E-state index contributed by atoms with van der Waals surface area (Å²) in [5, 5.41) is 12.9. The number of nitrogens with zero attached hydrogens (tertiary/aromatic N) is 3. The lowest BCUT2D eigenvalue weighted by molar-refractivity contribution is -0.385. The Morgan fingerprint density at radius 2 is 2.07 bits per heavy atom. The average Bonchev–Trinajstić information content (AvgIpc) is 3.10. The molecule has 9 heteroatoms. The number of carbonyl (C=O) groups excluding carboxylic acids is 1. The van der Waals surface area contributed by atoms with Gasteiger partial charge in [-0.2, -0.15) is 0 Å². The Labute approximate surface area is 164 Å². The number of nitro groups is 1. The molecule has 0 N–H and O–H groups in total. The lowest BCUT2D eigenvalue weighted by Gasteiger charge is -2.18. The lowest BCUT2D eigenvalue weighted by Crippen LogP contribution is -2.23. The van der Waals surface area contributed by atoms with Crippen molar-refractivity contribution in [2.75, 3.05) is 4.90 Å². The van der Waals surface area contributed by atoms with Crippen LogP contribution in [0.2, 0.25) is 0 Å². The van der Waals surface area contributed by atoms with E-state index >= 15 is 0 Å². The van der Waals surface area contributed by atoms with E-state index in [0.29, 0.717) is 22.1 Å². The van der Waals surface area contributed by atoms with Crippen LogP contribution in [0.5, 0.6) is 5.75 Å². The highest BCUT2D eigenvalue weighted by atomic mass is 32.1. The first-order valence-electron chi connectivity index (χ1n) is 8.24. The number of aryl methyl sites for hydroxylation is 1. The Bertz CT molecular complexity index is 1040. The summed E-state index contributed by atoms with van der Waals surface area (Å²) in [6, 6.07) is 10.4. The van der Waals surface area contributed by atoms with Crippen molar-refractivity contribution < 1.29 is 18.8 Å². The Morgan fingerprint density at radius 1 is 1.32 bits per heavy atom. The molecular formula is C19H16FN3O4S. The summed E-state index contributed by atoms with van der Waals surface area (Å²) in [6.07, 6.45) is 0. The molecule has 144 valence electrons. The first kappa shape index (κ1) is 19.4. The molecule has 1 aromatic heterocycles. The maximum Gasteiger partial charge on any atom is 0.272 e. The van der Waals surface area contributed by atoms with Crippen molar-refractivity contribution in [3.63, 3.8) is 0 Å². The Morgan fingerprint density at radius 3 is 2.71 bits per heavy atom. The number of ether oxygens (including phenoxy) is 1. The van der Waals surface area contributed by atoms with E-state index in [2.05, 4.69) is 4.98 Å². The third kappa shape index (κ3) is 4.15. The van der Waals surface area contributed by atoms with Gasteiger partial charge >= 0.3 is 0 Å². The van der Waals surface area contributed by atoms with Crippen LogP contribution in [0, 0.1) is 22.9 Å². The molecule has 7 nitrogen and oxygen atoms in total. The van der Waals surface area contributed by atoms with Gasteiger partial charge in [-0.3, -0.25) is 19.8 Å². The van der Waals surface area contributed by atoms with E-state index in [9.17, 15) is 19.3 Å². The van der Waals surface area contributed by atoms with E-state index in [-0.39, 0.29) is 23.9 Å². The van der Waals surface area contributed by atoms with Gasteiger partial charge in [-0.1, -0.05) is 12.1 Å². The molecular weight excluding hydrogens is 385 g/mol. The van der Waals surface area contributed by atoms with Crippen LogP contribution < -0.4 is 9.64 Å². The number of nitro benzene ring substituents is 1. The second-order valence-electron chi connectivity index (χ2n) is 5.92. The van der Waals surface area contributed by atoms with Crippen LogP contribution in [0.25, 0.3) is 0 Å². The average molecular weight is 401 g/mol. The molecule has 0 spiro atoms. The highest BCUT2D eigenvalue weighted by molar-refractivity contribution is 7.14. The Hall–Kier alpha value is -3.33. The fraction of sp³-hybridized carbons (Fsp3) is 0.158. The number of benzene rings is 2. The monoisotopic (exact) mass is 401 g/mol. The highest BCUT2D eigenvalue weighted by Gasteiger charge is 2.21. The van der Waals surface area contributed by atoms with Gasteiger partial charge in [-0.15, -0.1) is 11.3 Å². The second-order valence-corrected chi connectivity index (χ2v) is 6.76. The van der Waals surface area contributed by atoms with E-state index in [1.165, 1.54) is 47.4 Å². The maximum absolute atomic E-state index is 14.1. The molecule has 2 aromatic carbocycles.